The molecule has 0 bridgehead atoms. The molecule has 3 rings (SSSR count). The second-order valence-corrected chi connectivity index (χ2v) is 7.58. The Kier molecular flexibility index (Phi) is 4.71. The molecule has 1 saturated heterocycles. The summed E-state index contributed by atoms with van der Waals surface area (Å²) in [5, 5.41) is 1.17. The summed E-state index contributed by atoms with van der Waals surface area (Å²) >= 11 is 14.4. The molecule has 0 N–H and O–H groups in total. The summed E-state index contributed by atoms with van der Waals surface area (Å²) < 4.78 is 5.39. The summed E-state index contributed by atoms with van der Waals surface area (Å²) in [6.45, 7) is 2.46. The summed E-state index contributed by atoms with van der Waals surface area (Å²) in [5.41, 5.74) is 0.794. The molecule has 0 saturated carbocycles. The Morgan fingerprint density at radius 2 is 2.00 bits per heavy atom. The normalized spacial score (nSPS) is 22.1. The lowest BCUT2D eigenvalue weighted by Crippen LogP contribution is -2.39. The predicted molar refractivity (Wildman–Crippen MR) is 90.1 cm³/mol. The van der Waals surface area contributed by atoms with Gasteiger partial charge in [-0.1, -0.05) is 36.2 Å². The molecule has 1 aliphatic rings. The molecular weight excluding hydrogens is 341 g/mol. The topological polar surface area (TPSA) is 33.5 Å². The zero-order chi connectivity index (χ0) is 15.7. The van der Waals surface area contributed by atoms with Crippen molar-refractivity contribution in [1.29, 1.82) is 0 Å². The third-order valence-corrected chi connectivity index (χ3v) is 5.62. The van der Waals surface area contributed by atoms with E-state index in [1.165, 1.54) is 0 Å². The van der Waals surface area contributed by atoms with E-state index in [9.17, 15) is 4.79 Å². The number of thioether (sulfide) groups is 1. The molecule has 2 aromatic rings. The first kappa shape index (κ1) is 15.8. The van der Waals surface area contributed by atoms with Crippen LogP contribution in [0, 0.1) is 0 Å². The van der Waals surface area contributed by atoms with Gasteiger partial charge in [-0.25, -0.2) is 0 Å². The molecule has 0 spiro atoms. The zero-order valence-electron chi connectivity index (χ0n) is 12.0. The molecule has 1 fully saturated rings. The van der Waals surface area contributed by atoms with Crippen LogP contribution < -0.4 is 0 Å². The van der Waals surface area contributed by atoms with Gasteiger partial charge in [-0.2, -0.15) is 0 Å². The summed E-state index contributed by atoms with van der Waals surface area (Å²) in [4.78, 5) is 14.3. The molecule has 0 aliphatic carbocycles. The van der Waals surface area contributed by atoms with E-state index in [2.05, 4.69) is 0 Å². The SMILES string of the molecule is CC1CC(=O)N(Cc2ccco2)C(c2c(Cl)cccc2Cl)S1. The van der Waals surface area contributed by atoms with E-state index in [1.807, 2.05) is 25.1 Å². The van der Waals surface area contributed by atoms with Crippen LogP contribution in [0.4, 0.5) is 0 Å². The van der Waals surface area contributed by atoms with Gasteiger partial charge < -0.3 is 9.32 Å². The molecule has 0 radical (unpaired) electrons. The van der Waals surface area contributed by atoms with E-state index in [-0.39, 0.29) is 16.5 Å². The first-order valence-electron chi connectivity index (χ1n) is 6.97. The molecule has 2 heterocycles. The number of amides is 1. The first-order valence-corrected chi connectivity index (χ1v) is 8.67. The van der Waals surface area contributed by atoms with Crippen LogP contribution in [0.2, 0.25) is 10.0 Å². The van der Waals surface area contributed by atoms with Gasteiger partial charge in [-0.3, -0.25) is 4.79 Å². The summed E-state index contributed by atoms with van der Waals surface area (Å²) in [6.07, 6.45) is 2.11. The van der Waals surface area contributed by atoms with Gasteiger partial charge in [0.25, 0.3) is 0 Å². The third-order valence-electron chi connectivity index (χ3n) is 3.58. The second-order valence-electron chi connectivity index (χ2n) is 5.24. The smallest absolute Gasteiger partial charge is 0.225 e. The lowest BCUT2D eigenvalue weighted by Gasteiger charge is -2.38. The number of rotatable bonds is 3. The standard InChI is InChI=1S/C16H15Cl2NO2S/c1-10-8-14(20)19(9-11-4-3-7-21-11)16(22-10)15-12(17)5-2-6-13(15)18/h2-7,10,16H,8-9H2,1H3. The molecule has 2 atom stereocenters. The van der Waals surface area contributed by atoms with E-state index in [1.54, 1.807) is 35.1 Å². The van der Waals surface area contributed by atoms with Gasteiger partial charge in [0.05, 0.1) is 12.8 Å². The van der Waals surface area contributed by atoms with Gasteiger partial charge in [-0.05, 0) is 24.3 Å². The van der Waals surface area contributed by atoms with Crippen LogP contribution in [0.15, 0.2) is 41.0 Å². The molecule has 1 amide bonds. The molecule has 1 aromatic heterocycles. The number of hydrogen-bond acceptors (Lipinski definition) is 3. The summed E-state index contributed by atoms with van der Waals surface area (Å²) in [6, 6.07) is 9.10. The quantitative estimate of drug-likeness (QED) is 0.764. The van der Waals surface area contributed by atoms with E-state index < -0.39 is 0 Å². The Hall–Kier alpha value is -1.10. The minimum absolute atomic E-state index is 0.0867. The van der Waals surface area contributed by atoms with E-state index in [0.29, 0.717) is 23.0 Å². The molecule has 1 aromatic carbocycles. The Balaban J connectivity index is 1.98. The van der Waals surface area contributed by atoms with Crippen LogP contribution in [0.3, 0.4) is 0 Å². The van der Waals surface area contributed by atoms with Crippen molar-refractivity contribution in [2.75, 3.05) is 0 Å². The number of carbonyl (C=O) groups excluding carboxylic acids is 1. The second kappa shape index (κ2) is 6.57. The highest BCUT2D eigenvalue weighted by atomic mass is 35.5. The van der Waals surface area contributed by atoms with Gasteiger partial charge in [0.15, 0.2) is 0 Å². The highest BCUT2D eigenvalue weighted by Crippen LogP contribution is 2.46. The van der Waals surface area contributed by atoms with Crippen molar-refractivity contribution in [2.45, 2.75) is 30.5 Å². The van der Waals surface area contributed by atoms with Gasteiger partial charge in [-0.15, -0.1) is 11.8 Å². The fraction of sp³-hybridized carbons (Fsp3) is 0.312. The third kappa shape index (κ3) is 3.14. The Labute approximate surface area is 143 Å². The molecule has 116 valence electrons. The van der Waals surface area contributed by atoms with Crippen molar-refractivity contribution in [2.24, 2.45) is 0 Å². The number of hydrogen-bond donors (Lipinski definition) is 0. The summed E-state index contributed by atoms with van der Waals surface area (Å²) in [7, 11) is 0. The van der Waals surface area contributed by atoms with E-state index in [4.69, 9.17) is 27.6 Å². The van der Waals surface area contributed by atoms with Gasteiger partial charge in [0.1, 0.15) is 11.1 Å². The van der Waals surface area contributed by atoms with E-state index in [0.717, 1.165) is 11.3 Å². The van der Waals surface area contributed by atoms with Crippen LogP contribution in [0.1, 0.15) is 30.0 Å². The highest BCUT2D eigenvalue weighted by Gasteiger charge is 2.36. The maximum Gasteiger partial charge on any atom is 0.225 e. The van der Waals surface area contributed by atoms with Crippen molar-refractivity contribution in [3.63, 3.8) is 0 Å². The van der Waals surface area contributed by atoms with Gasteiger partial charge >= 0.3 is 0 Å². The molecule has 22 heavy (non-hydrogen) atoms. The van der Waals surface area contributed by atoms with Crippen LogP contribution >= 0.6 is 35.0 Å². The van der Waals surface area contributed by atoms with Crippen LogP contribution in [0.5, 0.6) is 0 Å². The maximum atomic E-state index is 12.5. The average Bonchev–Trinajstić information content (AvgIpc) is 2.95. The first-order chi connectivity index (χ1) is 10.6. The van der Waals surface area contributed by atoms with Crippen molar-refractivity contribution >= 4 is 40.9 Å². The predicted octanol–water partition coefficient (Wildman–Crippen LogP) is 5.14. The largest absolute Gasteiger partial charge is 0.467 e. The van der Waals surface area contributed by atoms with Crippen molar-refractivity contribution in [1.82, 2.24) is 4.90 Å². The number of furan rings is 1. The molecule has 3 nitrogen and oxygen atoms in total. The van der Waals surface area contributed by atoms with Crippen LogP contribution in [-0.2, 0) is 11.3 Å². The van der Waals surface area contributed by atoms with Crippen molar-refractivity contribution < 1.29 is 9.21 Å². The van der Waals surface area contributed by atoms with E-state index >= 15 is 0 Å². The Morgan fingerprint density at radius 3 is 2.64 bits per heavy atom. The highest BCUT2D eigenvalue weighted by molar-refractivity contribution is 8.00. The van der Waals surface area contributed by atoms with Crippen molar-refractivity contribution in [3.8, 4) is 0 Å². The molecular formula is C16H15Cl2NO2S. The van der Waals surface area contributed by atoms with Gasteiger partial charge in [0, 0.05) is 27.3 Å². The molecule has 6 heteroatoms. The number of carbonyl (C=O) groups is 1. The monoisotopic (exact) mass is 355 g/mol. The lowest BCUT2D eigenvalue weighted by atomic mass is 10.1. The van der Waals surface area contributed by atoms with Crippen molar-refractivity contribution in [3.05, 3.63) is 58.0 Å². The fourth-order valence-electron chi connectivity index (χ4n) is 2.55. The Bertz CT molecular complexity index is 655. The number of nitrogens with zero attached hydrogens (tertiary/aromatic N) is 1. The van der Waals surface area contributed by atoms with Gasteiger partial charge in [0.2, 0.25) is 5.91 Å². The number of halogens is 2. The number of benzene rings is 1. The Morgan fingerprint density at radius 1 is 1.27 bits per heavy atom. The summed E-state index contributed by atoms with van der Waals surface area (Å²) in [5.74, 6) is 0.834. The average molecular weight is 356 g/mol. The zero-order valence-corrected chi connectivity index (χ0v) is 14.3. The molecule has 1 aliphatic heterocycles. The van der Waals surface area contributed by atoms with Crippen LogP contribution in [0.25, 0.3) is 0 Å². The minimum Gasteiger partial charge on any atom is -0.467 e. The lowest BCUT2D eigenvalue weighted by molar-refractivity contribution is -0.133. The molecule has 2 unspecified atom stereocenters. The maximum absolute atomic E-state index is 12.5. The fourth-order valence-corrected chi connectivity index (χ4v) is 4.69. The minimum atomic E-state index is -0.206. The van der Waals surface area contributed by atoms with Crippen LogP contribution in [-0.4, -0.2) is 16.1 Å².